The van der Waals surface area contributed by atoms with Crippen molar-refractivity contribution in [2.45, 2.75) is 12.5 Å². The Hall–Kier alpha value is -1.14. The van der Waals surface area contributed by atoms with Gasteiger partial charge in [-0.15, -0.1) is 11.3 Å². The highest BCUT2D eigenvalue weighted by Crippen LogP contribution is 2.25. The van der Waals surface area contributed by atoms with Crippen molar-refractivity contribution >= 4 is 39.5 Å². The molecule has 0 spiro atoms. The van der Waals surface area contributed by atoms with Crippen LogP contribution in [-0.4, -0.2) is 14.4 Å². The summed E-state index contributed by atoms with van der Waals surface area (Å²) in [5, 5.41) is 2.98. The standard InChI is InChI=1S/C12H10Cl2N4S/c13-7-3-9(14)11(16-5-7)10(15)4-8-6-18-1-2-19-12(18)17-8/h1-3,5-6,10H,4,15H2. The summed E-state index contributed by atoms with van der Waals surface area (Å²) in [6.45, 7) is 0. The maximum Gasteiger partial charge on any atom is 0.193 e. The molecular formula is C12H10Cl2N4S. The number of pyridine rings is 1. The SMILES string of the molecule is NC(Cc1cn2ccsc2n1)c1ncc(Cl)cc1Cl. The summed E-state index contributed by atoms with van der Waals surface area (Å²) < 4.78 is 1.98. The van der Waals surface area contributed by atoms with Gasteiger partial charge in [-0.25, -0.2) is 4.98 Å². The molecular weight excluding hydrogens is 303 g/mol. The van der Waals surface area contributed by atoms with Gasteiger partial charge in [0.15, 0.2) is 4.96 Å². The third-order valence-electron chi connectivity index (χ3n) is 2.76. The van der Waals surface area contributed by atoms with Crippen LogP contribution in [0.4, 0.5) is 0 Å². The molecule has 0 fully saturated rings. The van der Waals surface area contributed by atoms with Gasteiger partial charge in [-0.2, -0.15) is 0 Å². The van der Waals surface area contributed by atoms with Gasteiger partial charge in [0.1, 0.15) is 0 Å². The van der Waals surface area contributed by atoms with Crippen molar-refractivity contribution in [2.75, 3.05) is 0 Å². The van der Waals surface area contributed by atoms with Gasteiger partial charge < -0.3 is 5.73 Å². The van der Waals surface area contributed by atoms with Crippen LogP contribution in [0.3, 0.4) is 0 Å². The largest absolute Gasteiger partial charge is 0.322 e. The minimum atomic E-state index is -0.297. The van der Waals surface area contributed by atoms with Gasteiger partial charge in [0.05, 0.1) is 27.5 Å². The normalized spacial score (nSPS) is 13.0. The van der Waals surface area contributed by atoms with Crippen LogP contribution < -0.4 is 5.73 Å². The Morgan fingerprint density at radius 2 is 2.26 bits per heavy atom. The highest BCUT2D eigenvalue weighted by molar-refractivity contribution is 7.15. The van der Waals surface area contributed by atoms with Crippen molar-refractivity contribution < 1.29 is 0 Å². The van der Waals surface area contributed by atoms with Crippen LogP contribution in [0.25, 0.3) is 4.96 Å². The average molecular weight is 313 g/mol. The van der Waals surface area contributed by atoms with E-state index in [-0.39, 0.29) is 6.04 Å². The van der Waals surface area contributed by atoms with E-state index in [4.69, 9.17) is 28.9 Å². The van der Waals surface area contributed by atoms with E-state index in [9.17, 15) is 0 Å². The molecule has 0 aliphatic carbocycles. The lowest BCUT2D eigenvalue weighted by Crippen LogP contribution is -2.15. The Labute approximate surface area is 123 Å². The third-order valence-corrected chi connectivity index (χ3v) is 4.04. The van der Waals surface area contributed by atoms with E-state index in [1.807, 2.05) is 22.2 Å². The Bertz CT molecular complexity index is 693. The molecule has 0 aliphatic heterocycles. The van der Waals surface area contributed by atoms with E-state index >= 15 is 0 Å². The number of rotatable bonds is 3. The second kappa shape index (κ2) is 5.09. The van der Waals surface area contributed by atoms with Gasteiger partial charge in [0.25, 0.3) is 0 Å². The molecule has 1 atom stereocenters. The number of hydrogen-bond acceptors (Lipinski definition) is 4. The number of thiazole rings is 1. The molecule has 4 nitrogen and oxygen atoms in total. The molecule has 1 unspecified atom stereocenters. The topological polar surface area (TPSA) is 56.2 Å². The fourth-order valence-electron chi connectivity index (χ4n) is 1.89. The van der Waals surface area contributed by atoms with Crippen molar-refractivity contribution in [2.24, 2.45) is 5.73 Å². The minimum Gasteiger partial charge on any atom is -0.322 e. The fourth-order valence-corrected chi connectivity index (χ4v) is 3.13. The zero-order valence-corrected chi connectivity index (χ0v) is 12.1. The first-order chi connectivity index (χ1) is 9.13. The predicted octanol–water partition coefficient (Wildman–Crippen LogP) is 3.34. The number of aromatic nitrogens is 3. The second-order valence-electron chi connectivity index (χ2n) is 4.16. The predicted molar refractivity (Wildman–Crippen MR) is 78.0 cm³/mol. The number of nitrogens with zero attached hydrogens (tertiary/aromatic N) is 3. The zero-order chi connectivity index (χ0) is 13.4. The summed E-state index contributed by atoms with van der Waals surface area (Å²) >= 11 is 13.5. The lowest BCUT2D eigenvalue weighted by atomic mass is 10.1. The highest BCUT2D eigenvalue weighted by Gasteiger charge is 2.15. The number of hydrogen-bond donors (Lipinski definition) is 1. The summed E-state index contributed by atoms with van der Waals surface area (Å²) in [7, 11) is 0. The molecule has 0 bridgehead atoms. The first-order valence-corrected chi connectivity index (χ1v) is 7.24. The van der Waals surface area contributed by atoms with Crippen molar-refractivity contribution in [3.63, 3.8) is 0 Å². The average Bonchev–Trinajstić information content (AvgIpc) is 2.89. The van der Waals surface area contributed by atoms with E-state index in [2.05, 4.69) is 9.97 Å². The molecule has 3 aromatic rings. The first kappa shape index (κ1) is 12.9. The quantitative estimate of drug-likeness (QED) is 0.807. The van der Waals surface area contributed by atoms with E-state index in [1.165, 1.54) is 0 Å². The van der Waals surface area contributed by atoms with Crippen LogP contribution in [0, 0.1) is 0 Å². The van der Waals surface area contributed by atoms with Gasteiger partial charge in [-0.05, 0) is 6.07 Å². The first-order valence-electron chi connectivity index (χ1n) is 5.61. The molecule has 19 heavy (non-hydrogen) atoms. The van der Waals surface area contributed by atoms with Crippen molar-refractivity contribution in [1.29, 1.82) is 0 Å². The molecule has 0 saturated heterocycles. The van der Waals surface area contributed by atoms with Gasteiger partial charge in [0, 0.05) is 30.4 Å². The summed E-state index contributed by atoms with van der Waals surface area (Å²) in [6, 6.07) is 1.35. The van der Waals surface area contributed by atoms with Crippen LogP contribution in [-0.2, 0) is 6.42 Å². The van der Waals surface area contributed by atoms with Gasteiger partial charge in [-0.1, -0.05) is 23.2 Å². The Kier molecular flexibility index (Phi) is 3.45. The smallest absolute Gasteiger partial charge is 0.193 e. The monoisotopic (exact) mass is 312 g/mol. The molecule has 0 aromatic carbocycles. The van der Waals surface area contributed by atoms with Crippen LogP contribution in [0.5, 0.6) is 0 Å². The lowest BCUT2D eigenvalue weighted by Gasteiger charge is -2.11. The lowest BCUT2D eigenvalue weighted by molar-refractivity contribution is 0.687. The van der Waals surface area contributed by atoms with Crippen LogP contribution in [0.1, 0.15) is 17.4 Å². The molecule has 3 aromatic heterocycles. The third kappa shape index (κ3) is 2.60. The molecule has 2 N–H and O–H groups in total. The van der Waals surface area contributed by atoms with Gasteiger partial charge in [-0.3, -0.25) is 9.38 Å². The molecule has 0 aliphatic rings. The number of nitrogens with two attached hydrogens (primary N) is 1. The van der Waals surface area contributed by atoms with Crippen LogP contribution in [0.2, 0.25) is 10.0 Å². The molecule has 3 rings (SSSR count). The van der Waals surface area contributed by atoms with E-state index in [0.717, 1.165) is 10.7 Å². The van der Waals surface area contributed by atoms with Gasteiger partial charge in [0.2, 0.25) is 0 Å². The molecule has 0 amide bonds. The van der Waals surface area contributed by atoms with Crippen molar-refractivity contribution in [3.05, 3.63) is 51.5 Å². The van der Waals surface area contributed by atoms with Crippen molar-refractivity contribution in [1.82, 2.24) is 14.4 Å². The number of halogens is 2. The molecule has 98 valence electrons. The van der Waals surface area contributed by atoms with Crippen molar-refractivity contribution in [3.8, 4) is 0 Å². The molecule has 7 heteroatoms. The van der Waals surface area contributed by atoms with Crippen LogP contribution in [0.15, 0.2) is 30.0 Å². The Morgan fingerprint density at radius 1 is 1.42 bits per heavy atom. The fraction of sp³-hybridized carbons (Fsp3) is 0.167. The summed E-state index contributed by atoms with van der Waals surface area (Å²) in [6.07, 6.45) is 6.07. The summed E-state index contributed by atoms with van der Waals surface area (Å²) in [5.41, 5.74) is 7.70. The maximum atomic E-state index is 6.13. The van der Waals surface area contributed by atoms with Gasteiger partial charge >= 0.3 is 0 Å². The van der Waals surface area contributed by atoms with E-state index in [0.29, 0.717) is 22.2 Å². The highest BCUT2D eigenvalue weighted by atomic mass is 35.5. The van der Waals surface area contributed by atoms with E-state index < -0.39 is 0 Å². The Morgan fingerprint density at radius 3 is 3.00 bits per heavy atom. The molecule has 0 saturated carbocycles. The summed E-state index contributed by atoms with van der Waals surface area (Å²) in [5.74, 6) is 0. The van der Waals surface area contributed by atoms with Crippen LogP contribution >= 0.6 is 34.5 Å². The molecule has 0 radical (unpaired) electrons. The Balaban J connectivity index is 1.84. The maximum absolute atomic E-state index is 6.13. The summed E-state index contributed by atoms with van der Waals surface area (Å²) in [4.78, 5) is 9.64. The number of fused-ring (bicyclic) bond motifs is 1. The second-order valence-corrected chi connectivity index (χ2v) is 5.87. The zero-order valence-electron chi connectivity index (χ0n) is 9.75. The minimum absolute atomic E-state index is 0.297. The number of imidazole rings is 1. The van der Waals surface area contributed by atoms with E-state index in [1.54, 1.807) is 23.6 Å². The molecule has 3 heterocycles.